The van der Waals surface area contributed by atoms with E-state index in [0.717, 1.165) is 22.4 Å². The monoisotopic (exact) mass is 305 g/mol. The SMILES string of the molecule is Cc1cc(Cl)ccc1C(NN)c1cncc(OC(C)C)c1. The predicted molar refractivity (Wildman–Crippen MR) is 85.4 cm³/mol. The molecule has 0 saturated heterocycles. The summed E-state index contributed by atoms with van der Waals surface area (Å²) in [4.78, 5) is 4.23. The average Bonchev–Trinajstić information content (AvgIpc) is 2.41. The van der Waals surface area contributed by atoms with E-state index < -0.39 is 0 Å². The van der Waals surface area contributed by atoms with Gasteiger partial charge >= 0.3 is 0 Å². The number of nitrogens with zero attached hydrogens (tertiary/aromatic N) is 1. The normalized spacial score (nSPS) is 12.5. The first-order valence-electron chi connectivity index (χ1n) is 6.85. The van der Waals surface area contributed by atoms with E-state index in [9.17, 15) is 0 Å². The second-order valence-corrected chi connectivity index (χ2v) is 5.66. The van der Waals surface area contributed by atoms with Crippen LogP contribution in [0.15, 0.2) is 36.7 Å². The summed E-state index contributed by atoms with van der Waals surface area (Å²) < 4.78 is 5.68. The second kappa shape index (κ2) is 6.89. The summed E-state index contributed by atoms with van der Waals surface area (Å²) in [5, 5.41) is 0.710. The Morgan fingerprint density at radius 3 is 2.62 bits per heavy atom. The van der Waals surface area contributed by atoms with E-state index in [-0.39, 0.29) is 12.1 Å². The van der Waals surface area contributed by atoms with E-state index in [2.05, 4.69) is 10.4 Å². The molecule has 0 fully saturated rings. The fourth-order valence-electron chi connectivity index (χ4n) is 2.26. The Morgan fingerprint density at radius 2 is 2.00 bits per heavy atom. The van der Waals surface area contributed by atoms with Crippen LogP contribution >= 0.6 is 11.6 Å². The minimum Gasteiger partial charge on any atom is -0.489 e. The fraction of sp³-hybridized carbons (Fsp3) is 0.312. The molecule has 0 radical (unpaired) electrons. The van der Waals surface area contributed by atoms with Gasteiger partial charge in [-0.1, -0.05) is 17.7 Å². The van der Waals surface area contributed by atoms with Crippen LogP contribution in [0.5, 0.6) is 5.75 Å². The number of nitrogens with two attached hydrogens (primary N) is 1. The number of nitrogens with one attached hydrogen (secondary N) is 1. The first-order valence-corrected chi connectivity index (χ1v) is 7.23. The molecule has 1 aromatic heterocycles. The molecular weight excluding hydrogens is 286 g/mol. The number of hydrazine groups is 1. The van der Waals surface area contributed by atoms with Crippen molar-refractivity contribution in [2.45, 2.75) is 32.9 Å². The number of aryl methyl sites for hydroxylation is 1. The van der Waals surface area contributed by atoms with Crippen LogP contribution in [0, 0.1) is 6.92 Å². The van der Waals surface area contributed by atoms with Crippen LogP contribution in [0.25, 0.3) is 0 Å². The molecule has 1 unspecified atom stereocenters. The molecule has 0 saturated carbocycles. The number of halogens is 1. The van der Waals surface area contributed by atoms with Crippen molar-refractivity contribution in [1.82, 2.24) is 10.4 Å². The molecule has 0 aliphatic heterocycles. The summed E-state index contributed by atoms with van der Waals surface area (Å²) in [6.45, 7) is 5.97. The molecule has 0 spiro atoms. The third-order valence-electron chi connectivity index (χ3n) is 3.15. The quantitative estimate of drug-likeness (QED) is 0.656. The Morgan fingerprint density at radius 1 is 1.24 bits per heavy atom. The van der Waals surface area contributed by atoms with Gasteiger partial charge in [-0.05, 0) is 55.7 Å². The number of hydrogen-bond acceptors (Lipinski definition) is 4. The first-order chi connectivity index (χ1) is 10.0. The zero-order chi connectivity index (χ0) is 15.4. The lowest BCUT2D eigenvalue weighted by Crippen LogP contribution is -2.29. The smallest absolute Gasteiger partial charge is 0.138 e. The Labute approximate surface area is 130 Å². The van der Waals surface area contributed by atoms with Crippen molar-refractivity contribution < 1.29 is 4.74 Å². The van der Waals surface area contributed by atoms with Gasteiger partial charge in [-0.2, -0.15) is 0 Å². The topological polar surface area (TPSA) is 60.2 Å². The highest BCUT2D eigenvalue weighted by molar-refractivity contribution is 6.30. The molecule has 5 heteroatoms. The zero-order valence-electron chi connectivity index (χ0n) is 12.4. The molecule has 2 rings (SSSR count). The summed E-state index contributed by atoms with van der Waals surface area (Å²) in [5.74, 6) is 6.47. The van der Waals surface area contributed by atoms with Crippen molar-refractivity contribution in [1.29, 1.82) is 0 Å². The predicted octanol–water partition coefficient (Wildman–Crippen LogP) is 3.38. The minimum atomic E-state index is -0.162. The molecule has 0 bridgehead atoms. The maximum Gasteiger partial charge on any atom is 0.138 e. The first kappa shape index (κ1) is 15.8. The maximum atomic E-state index is 6.01. The van der Waals surface area contributed by atoms with Crippen LogP contribution in [-0.2, 0) is 0 Å². The highest BCUT2D eigenvalue weighted by Gasteiger charge is 2.16. The van der Waals surface area contributed by atoms with E-state index in [1.807, 2.05) is 45.0 Å². The molecule has 112 valence electrons. The van der Waals surface area contributed by atoms with Crippen molar-refractivity contribution in [3.05, 3.63) is 58.4 Å². The van der Waals surface area contributed by atoms with Gasteiger partial charge in [0, 0.05) is 11.2 Å². The molecule has 0 amide bonds. The Kier molecular flexibility index (Phi) is 5.17. The van der Waals surface area contributed by atoms with E-state index in [4.69, 9.17) is 22.2 Å². The number of rotatable bonds is 5. The lowest BCUT2D eigenvalue weighted by molar-refractivity contribution is 0.241. The number of benzene rings is 1. The molecule has 1 heterocycles. The van der Waals surface area contributed by atoms with Crippen molar-refractivity contribution in [2.75, 3.05) is 0 Å². The zero-order valence-corrected chi connectivity index (χ0v) is 13.2. The molecule has 0 aliphatic rings. The second-order valence-electron chi connectivity index (χ2n) is 5.22. The number of pyridine rings is 1. The van der Waals surface area contributed by atoms with Crippen LogP contribution in [0.1, 0.15) is 36.6 Å². The van der Waals surface area contributed by atoms with Crippen molar-refractivity contribution in [3.63, 3.8) is 0 Å². The lowest BCUT2D eigenvalue weighted by Gasteiger charge is -2.20. The third-order valence-corrected chi connectivity index (χ3v) is 3.38. The van der Waals surface area contributed by atoms with E-state index in [0.29, 0.717) is 5.02 Å². The highest BCUT2D eigenvalue weighted by atomic mass is 35.5. The fourth-order valence-corrected chi connectivity index (χ4v) is 2.49. The van der Waals surface area contributed by atoms with Gasteiger partial charge in [-0.25, -0.2) is 5.43 Å². The molecule has 3 N–H and O–H groups in total. The van der Waals surface area contributed by atoms with Crippen molar-refractivity contribution in [2.24, 2.45) is 5.84 Å². The molecule has 2 aromatic rings. The van der Waals surface area contributed by atoms with Gasteiger partial charge in [-0.3, -0.25) is 10.8 Å². The molecule has 0 aliphatic carbocycles. The van der Waals surface area contributed by atoms with Crippen molar-refractivity contribution >= 4 is 11.6 Å². The Balaban J connectivity index is 2.37. The van der Waals surface area contributed by atoms with E-state index in [1.165, 1.54) is 0 Å². The number of aromatic nitrogens is 1. The van der Waals surface area contributed by atoms with E-state index >= 15 is 0 Å². The van der Waals surface area contributed by atoms with Gasteiger partial charge in [0.1, 0.15) is 5.75 Å². The number of hydrogen-bond donors (Lipinski definition) is 2. The van der Waals surface area contributed by atoms with E-state index in [1.54, 1.807) is 12.4 Å². The summed E-state index contributed by atoms with van der Waals surface area (Å²) in [6.07, 6.45) is 3.58. The van der Waals surface area contributed by atoms with Crippen molar-refractivity contribution in [3.8, 4) is 5.75 Å². The summed E-state index contributed by atoms with van der Waals surface area (Å²) >= 11 is 6.01. The largest absolute Gasteiger partial charge is 0.489 e. The maximum absolute atomic E-state index is 6.01. The van der Waals surface area contributed by atoms with Gasteiger partial charge in [-0.15, -0.1) is 0 Å². The molecule has 21 heavy (non-hydrogen) atoms. The van der Waals surface area contributed by atoms with Crippen LogP contribution < -0.4 is 16.0 Å². The van der Waals surface area contributed by atoms with Gasteiger partial charge in [0.05, 0.1) is 18.3 Å². The lowest BCUT2D eigenvalue weighted by atomic mass is 9.96. The van der Waals surface area contributed by atoms with Gasteiger partial charge < -0.3 is 4.74 Å². The molecule has 4 nitrogen and oxygen atoms in total. The van der Waals surface area contributed by atoms with Crippen LogP contribution in [-0.4, -0.2) is 11.1 Å². The Hall–Kier alpha value is -1.62. The Bertz CT molecular complexity index is 616. The standard InChI is InChI=1S/C16H20ClN3O/c1-10(2)21-14-7-12(8-19-9-14)16(20-18)15-5-4-13(17)6-11(15)3/h4-10,16,20H,18H2,1-3H3. The number of ether oxygens (including phenoxy) is 1. The minimum absolute atomic E-state index is 0.101. The van der Waals surface area contributed by atoms with Crippen LogP contribution in [0.2, 0.25) is 5.02 Å². The van der Waals surface area contributed by atoms with Crippen LogP contribution in [0.3, 0.4) is 0 Å². The van der Waals surface area contributed by atoms with Crippen LogP contribution in [0.4, 0.5) is 0 Å². The van der Waals surface area contributed by atoms with Gasteiger partial charge in [0.2, 0.25) is 0 Å². The molecule has 1 atom stereocenters. The third kappa shape index (κ3) is 3.94. The molecular formula is C16H20ClN3O. The average molecular weight is 306 g/mol. The summed E-state index contributed by atoms with van der Waals surface area (Å²) in [5.41, 5.74) is 5.91. The summed E-state index contributed by atoms with van der Waals surface area (Å²) in [7, 11) is 0. The highest BCUT2D eigenvalue weighted by Crippen LogP contribution is 2.27. The molecule has 1 aromatic carbocycles. The van der Waals surface area contributed by atoms with Gasteiger partial charge in [0.25, 0.3) is 0 Å². The summed E-state index contributed by atoms with van der Waals surface area (Å²) in [6, 6.07) is 7.54. The van der Waals surface area contributed by atoms with Gasteiger partial charge in [0.15, 0.2) is 0 Å².